The summed E-state index contributed by atoms with van der Waals surface area (Å²) >= 11 is 0. The summed E-state index contributed by atoms with van der Waals surface area (Å²) in [6.45, 7) is 2.52. The number of hydrogen-bond donors (Lipinski definition) is 1. The first-order chi connectivity index (χ1) is 13.0. The van der Waals surface area contributed by atoms with E-state index in [0.29, 0.717) is 24.1 Å². The Hall–Kier alpha value is -3.15. The molecule has 2 atom stereocenters. The van der Waals surface area contributed by atoms with Gasteiger partial charge in [-0.25, -0.2) is 0 Å². The Balaban J connectivity index is 1.48. The Morgan fingerprint density at radius 1 is 1.22 bits per heavy atom. The molecule has 1 aliphatic carbocycles. The van der Waals surface area contributed by atoms with Crippen LogP contribution in [0.5, 0.6) is 0 Å². The Labute approximate surface area is 156 Å². The minimum atomic E-state index is -0.409. The molecule has 0 aliphatic heterocycles. The summed E-state index contributed by atoms with van der Waals surface area (Å²) in [7, 11) is 1.67. The van der Waals surface area contributed by atoms with Gasteiger partial charge in [0.05, 0.1) is 6.54 Å². The van der Waals surface area contributed by atoms with Gasteiger partial charge in [0.15, 0.2) is 0 Å². The zero-order valence-electron chi connectivity index (χ0n) is 15.3. The smallest absolute Gasteiger partial charge is 0.261 e. The highest BCUT2D eigenvalue weighted by Crippen LogP contribution is 2.47. The topological polar surface area (TPSA) is 79.2 Å². The van der Waals surface area contributed by atoms with E-state index in [1.165, 1.54) is 4.90 Å². The second kappa shape index (κ2) is 6.87. The Kier molecular flexibility index (Phi) is 4.39. The summed E-state index contributed by atoms with van der Waals surface area (Å²) in [6.07, 6.45) is 4.46. The van der Waals surface area contributed by atoms with Crippen LogP contribution in [0.15, 0.2) is 58.0 Å². The lowest BCUT2D eigenvalue weighted by atomic mass is 10.1. The number of pyridine rings is 2. The Morgan fingerprint density at radius 2 is 1.96 bits per heavy atom. The van der Waals surface area contributed by atoms with E-state index in [1.54, 1.807) is 43.7 Å². The third-order valence-corrected chi connectivity index (χ3v) is 5.03. The third-order valence-electron chi connectivity index (χ3n) is 5.03. The quantitative estimate of drug-likeness (QED) is 0.753. The summed E-state index contributed by atoms with van der Waals surface area (Å²) in [5, 5.41) is 0. The minimum absolute atomic E-state index is 0.109. The summed E-state index contributed by atoms with van der Waals surface area (Å²) in [5.41, 5.74) is 1.19. The molecule has 3 aromatic heterocycles. The number of carbonyl (C=O) groups excluding carboxylic acids is 1. The lowest BCUT2D eigenvalue weighted by Gasteiger charge is -2.15. The van der Waals surface area contributed by atoms with Gasteiger partial charge in [-0.15, -0.1) is 0 Å². The van der Waals surface area contributed by atoms with E-state index in [1.807, 2.05) is 12.1 Å². The highest BCUT2D eigenvalue weighted by Gasteiger charge is 2.36. The molecule has 0 spiro atoms. The zero-order chi connectivity index (χ0) is 19.0. The fourth-order valence-electron chi connectivity index (χ4n) is 3.25. The van der Waals surface area contributed by atoms with Gasteiger partial charge in [0.1, 0.15) is 17.1 Å². The number of nitrogens with one attached hydrogen (secondary N) is 1. The van der Waals surface area contributed by atoms with Crippen LogP contribution in [0, 0.1) is 5.92 Å². The van der Waals surface area contributed by atoms with Crippen molar-refractivity contribution in [1.82, 2.24) is 14.9 Å². The highest BCUT2D eigenvalue weighted by molar-refractivity contribution is 5.93. The molecular weight excluding hydrogens is 342 g/mol. The molecule has 0 aromatic carbocycles. The van der Waals surface area contributed by atoms with E-state index in [9.17, 15) is 9.59 Å². The predicted octanol–water partition coefficient (Wildman–Crippen LogP) is 3.43. The average Bonchev–Trinajstić information content (AvgIpc) is 3.23. The molecule has 1 fully saturated rings. The molecular formula is C21H21N3O3. The summed E-state index contributed by atoms with van der Waals surface area (Å²) in [4.78, 5) is 33.3. The maximum atomic E-state index is 12.7. The Bertz CT molecular complexity index is 1020. The van der Waals surface area contributed by atoms with E-state index >= 15 is 0 Å². The fourth-order valence-corrected chi connectivity index (χ4v) is 3.25. The van der Waals surface area contributed by atoms with Crippen LogP contribution in [-0.4, -0.2) is 27.8 Å². The van der Waals surface area contributed by atoms with Gasteiger partial charge in [0.25, 0.3) is 11.5 Å². The lowest BCUT2D eigenvalue weighted by Crippen LogP contribution is -2.31. The first-order valence-corrected chi connectivity index (χ1v) is 9.00. The molecule has 1 N–H and O–H groups in total. The number of aromatic amines is 1. The van der Waals surface area contributed by atoms with Crippen LogP contribution in [-0.2, 0) is 6.54 Å². The molecule has 1 saturated carbocycles. The van der Waals surface area contributed by atoms with E-state index in [4.69, 9.17) is 4.42 Å². The number of amides is 1. The SMILES string of the molecule is C[C@H]1C[C@H]1c1ccc(CN(C)C(=O)c2ccc(-c3ccncc3)[nH]c2=O)o1. The molecule has 1 amide bonds. The van der Waals surface area contributed by atoms with Crippen molar-refractivity contribution in [3.8, 4) is 11.3 Å². The van der Waals surface area contributed by atoms with Gasteiger partial charge < -0.3 is 14.3 Å². The van der Waals surface area contributed by atoms with Crippen LogP contribution < -0.4 is 5.56 Å². The van der Waals surface area contributed by atoms with Crippen LogP contribution in [0.3, 0.4) is 0 Å². The predicted molar refractivity (Wildman–Crippen MR) is 101 cm³/mol. The Morgan fingerprint density at radius 3 is 2.63 bits per heavy atom. The van der Waals surface area contributed by atoms with Crippen LogP contribution in [0.4, 0.5) is 0 Å². The first-order valence-electron chi connectivity index (χ1n) is 9.00. The molecule has 6 nitrogen and oxygen atoms in total. The van der Waals surface area contributed by atoms with Gasteiger partial charge in [0.2, 0.25) is 0 Å². The maximum Gasteiger partial charge on any atom is 0.261 e. The molecule has 1 aliphatic rings. The van der Waals surface area contributed by atoms with Crippen LogP contribution in [0.1, 0.15) is 41.1 Å². The number of aromatic nitrogens is 2. The van der Waals surface area contributed by atoms with Gasteiger partial charge in [-0.2, -0.15) is 0 Å². The molecule has 6 heteroatoms. The van der Waals surface area contributed by atoms with Gasteiger partial charge in [0, 0.05) is 36.6 Å². The van der Waals surface area contributed by atoms with Crippen molar-refractivity contribution in [2.75, 3.05) is 7.05 Å². The van der Waals surface area contributed by atoms with Crippen molar-refractivity contribution in [1.29, 1.82) is 0 Å². The largest absolute Gasteiger partial charge is 0.464 e. The highest BCUT2D eigenvalue weighted by atomic mass is 16.3. The number of carbonyl (C=O) groups is 1. The van der Waals surface area contributed by atoms with E-state index in [2.05, 4.69) is 16.9 Å². The molecule has 0 bridgehead atoms. The van der Waals surface area contributed by atoms with Crippen molar-refractivity contribution in [3.05, 3.63) is 76.2 Å². The summed E-state index contributed by atoms with van der Waals surface area (Å²) in [6, 6.07) is 10.8. The van der Waals surface area contributed by atoms with Gasteiger partial charge >= 0.3 is 0 Å². The second-order valence-corrected chi connectivity index (χ2v) is 7.14. The van der Waals surface area contributed by atoms with E-state index < -0.39 is 5.56 Å². The van der Waals surface area contributed by atoms with E-state index in [-0.39, 0.29) is 11.5 Å². The van der Waals surface area contributed by atoms with Gasteiger partial charge in [-0.3, -0.25) is 14.6 Å². The number of nitrogens with zero attached hydrogens (tertiary/aromatic N) is 2. The van der Waals surface area contributed by atoms with Crippen LogP contribution >= 0.6 is 0 Å². The minimum Gasteiger partial charge on any atom is -0.464 e. The summed E-state index contributed by atoms with van der Waals surface area (Å²) in [5.74, 6) is 2.54. The fraction of sp³-hybridized carbons (Fsp3) is 0.286. The van der Waals surface area contributed by atoms with Crippen LogP contribution in [0.25, 0.3) is 11.3 Å². The molecule has 3 heterocycles. The number of furan rings is 1. The maximum absolute atomic E-state index is 12.7. The third kappa shape index (κ3) is 3.56. The number of rotatable bonds is 5. The average molecular weight is 363 g/mol. The molecule has 27 heavy (non-hydrogen) atoms. The lowest BCUT2D eigenvalue weighted by molar-refractivity contribution is 0.0773. The number of hydrogen-bond acceptors (Lipinski definition) is 4. The van der Waals surface area contributed by atoms with Crippen molar-refractivity contribution < 1.29 is 9.21 Å². The van der Waals surface area contributed by atoms with Crippen molar-refractivity contribution >= 4 is 5.91 Å². The van der Waals surface area contributed by atoms with Crippen LogP contribution in [0.2, 0.25) is 0 Å². The van der Waals surface area contributed by atoms with Gasteiger partial charge in [-0.05, 0) is 48.7 Å². The van der Waals surface area contributed by atoms with Gasteiger partial charge in [-0.1, -0.05) is 6.92 Å². The van der Waals surface area contributed by atoms with Crippen molar-refractivity contribution in [2.24, 2.45) is 5.92 Å². The van der Waals surface area contributed by atoms with E-state index in [0.717, 1.165) is 23.5 Å². The summed E-state index contributed by atoms with van der Waals surface area (Å²) < 4.78 is 5.86. The number of H-pyrrole nitrogens is 1. The molecule has 4 rings (SSSR count). The monoisotopic (exact) mass is 363 g/mol. The standard InChI is InChI=1S/C21H21N3O3/c1-13-11-17(13)19-6-3-15(27-19)12-24(2)21(26)16-4-5-18(23-20(16)25)14-7-9-22-10-8-14/h3-10,13,17H,11-12H2,1-2H3,(H,23,25)/t13-,17+/m0/s1. The molecule has 138 valence electrons. The first kappa shape index (κ1) is 17.3. The zero-order valence-corrected chi connectivity index (χ0v) is 15.3. The second-order valence-electron chi connectivity index (χ2n) is 7.14. The molecule has 0 radical (unpaired) electrons. The molecule has 0 unspecified atom stereocenters. The molecule has 0 saturated heterocycles. The van der Waals surface area contributed by atoms with Crippen molar-refractivity contribution in [2.45, 2.75) is 25.8 Å². The normalized spacial score (nSPS) is 18.3. The van der Waals surface area contributed by atoms with Crippen molar-refractivity contribution in [3.63, 3.8) is 0 Å². The molecule has 3 aromatic rings.